The molecule has 0 aliphatic carbocycles. The number of aliphatic carboxylic acids is 1. The van der Waals surface area contributed by atoms with Crippen molar-refractivity contribution in [3.05, 3.63) is 23.5 Å². The zero-order valence-electron chi connectivity index (χ0n) is 11.9. The maximum absolute atomic E-state index is 10.7. The number of hydrogen-bond donors (Lipinski definition) is 1. The van der Waals surface area contributed by atoms with Gasteiger partial charge >= 0.3 is 5.97 Å². The fourth-order valence-corrected chi connectivity index (χ4v) is 2.47. The average molecular weight is 251 g/mol. The minimum absolute atomic E-state index is 0.284. The Bertz CT molecular complexity index is 374. The quantitative estimate of drug-likeness (QED) is 0.804. The molecule has 0 radical (unpaired) electrons. The number of rotatable bonds is 7. The van der Waals surface area contributed by atoms with Crippen LogP contribution in [0.25, 0.3) is 0 Å². The number of aryl methyl sites for hydroxylation is 2. The fourth-order valence-electron chi connectivity index (χ4n) is 2.47. The van der Waals surface area contributed by atoms with Crippen molar-refractivity contribution < 1.29 is 9.90 Å². The summed E-state index contributed by atoms with van der Waals surface area (Å²) in [5.74, 6) is 0.344. The van der Waals surface area contributed by atoms with Gasteiger partial charge in [0.15, 0.2) is 0 Å². The molecule has 0 aliphatic rings. The zero-order valence-corrected chi connectivity index (χ0v) is 11.9. The first-order valence-corrected chi connectivity index (χ1v) is 6.76. The Kier molecular flexibility index (Phi) is 5.45. The second kappa shape index (κ2) is 6.62. The van der Waals surface area contributed by atoms with Gasteiger partial charge in [-0.25, -0.2) is 0 Å². The Balaban J connectivity index is 2.54. The average Bonchev–Trinajstić information content (AvgIpc) is 2.59. The third-order valence-corrected chi connectivity index (χ3v) is 3.81. The predicted molar refractivity (Wildman–Crippen MR) is 73.7 cm³/mol. The molecule has 1 aromatic rings. The Morgan fingerprint density at radius 1 is 1.22 bits per heavy atom. The highest BCUT2D eigenvalue weighted by Crippen LogP contribution is 2.22. The van der Waals surface area contributed by atoms with Crippen molar-refractivity contribution in [2.24, 2.45) is 11.8 Å². The zero-order chi connectivity index (χ0) is 13.7. The van der Waals surface area contributed by atoms with E-state index in [0.29, 0.717) is 11.8 Å². The maximum Gasteiger partial charge on any atom is 0.303 e. The molecule has 3 nitrogen and oxygen atoms in total. The molecule has 3 heteroatoms. The molecule has 1 N–H and O–H groups in total. The Labute approximate surface area is 110 Å². The van der Waals surface area contributed by atoms with E-state index in [2.05, 4.69) is 44.4 Å². The number of hydrogen-bond acceptors (Lipinski definition) is 1. The van der Waals surface area contributed by atoms with Gasteiger partial charge in [-0.05, 0) is 50.7 Å². The molecule has 0 amide bonds. The number of aromatic nitrogens is 1. The lowest BCUT2D eigenvalue weighted by Gasteiger charge is -2.21. The molecule has 1 unspecified atom stereocenters. The van der Waals surface area contributed by atoms with E-state index in [9.17, 15) is 4.79 Å². The Morgan fingerprint density at radius 2 is 1.78 bits per heavy atom. The second-order valence-electron chi connectivity index (χ2n) is 5.49. The van der Waals surface area contributed by atoms with E-state index in [1.807, 2.05) is 0 Å². The molecule has 18 heavy (non-hydrogen) atoms. The summed E-state index contributed by atoms with van der Waals surface area (Å²) in [7, 11) is 0. The number of carboxylic acids is 1. The van der Waals surface area contributed by atoms with Crippen molar-refractivity contribution in [1.82, 2.24) is 4.57 Å². The van der Waals surface area contributed by atoms with E-state index in [1.54, 1.807) is 0 Å². The summed E-state index contributed by atoms with van der Waals surface area (Å²) in [6.45, 7) is 9.60. The highest BCUT2D eigenvalue weighted by Gasteiger charge is 2.15. The van der Waals surface area contributed by atoms with Crippen molar-refractivity contribution in [1.29, 1.82) is 0 Å². The summed E-state index contributed by atoms with van der Waals surface area (Å²) in [4.78, 5) is 10.7. The van der Waals surface area contributed by atoms with Crippen LogP contribution in [0.2, 0.25) is 0 Å². The van der Waals surface area contributed by atoms with E-state index in [4.69, 9.17) is 5.11 Å². The van der Waals surface area contributed by atoms with Crippen LogP contribution in [-0.4, -0.2) is 15.6 Å². The normalized spacial score (nSPS) is 12.9. The third-order valence-electron chi connectivity index (χ3n) is 3.81. The molecule has 0 aromatic carbocycles. The van der Waals surface area contributed by atoms with E-state index in [1.165, 1.54) is 11.4 Å². The van der Waals surface area contributed by atoms with Crippen LogP contribution in [0.15, 0.2) is 12.1 Å². The first kappa shape index (κ1) is 14.8. The predicted octanol–water partition coefficient (Wildman–Crippen LogP) is 3.63. The van der Waals surface area contributed by atoms with Crippen molar-refractivity contribution in [3.8, 4) is 0 Å². The SMILES string of the molecule is Cc1ccc(C)n1CCC(CCC(=O)O)C(C)C. The maximum atomic E-state index is 10.7. The van der Waals surface area contributed by atoms with E-state index < -0.39 is 5.97 Å². The summed E-state index contributed by atoms with van der Waals surface area (Å²) < 4.78 is 2.32. The molecule has 0 saturated carbocycles. The molecule has 0 spiro atoms. The molecule has 0 fully saturated rings. The van der Waals surface area contributed by atoms with Gasteiger partial charge in [0.1, 0.15) is 0 Å². The number of carbonyl (C=O) groups is 1. The van der Waals surface area contributed by atoms with Crippen LogP contribution in [0.4, 0.5) is 0 Å². The Morgan fingerprint density at radius 3 is 2.22 bits per heavy atom. The van der Waals surface area contributed by atoms with E-state index in [-0.39, 0.29) is 6.42 Å². The first-order valence-electron chi connectivity index (χ1n) is 6.76. The largest absolute Gasteiger partial charge is 0.481 e. The second-order valence-corrected chi connectivity index (χ2v) is 5.49. The fraction of sp³-hybridized carbons (Fsp3) is 0.667. The molecule has 1 heterocycles. The van der Waals surface area contributed by atoms with E-state index >= 15 is 0 Å². The topological polar surface area (TPSA) is 42.2 Å². The summed E-state index contributed by atoms with van der Waals surface area (Å²) in [6.07, 6.45) is 2.13. The highest BCUT2D eigenvalue weighted by molar-refractivity contribution is 5.66. The molecule has 1 rings (SSSR count). The molecule has 1 aromatic heterocycles. The van der Waals surface area contributed by atoms with Gasteiger partial charge in [-0.2, -0.15) is 0 Å². The summed E-state index contributed by atoms with van der Waals surface area (Å²) >= 11 is 0. The lowest BCUT2D eigenvalue weighted by molar-refractivity contribution is -0.137. The van der Waals surface area contributed by atoms with Crippen LogP contribution in [0, 0.1) is 25.7 Å². The van der Waals surface area contributed by atoms with Gasteiger partial charge in [-0.3, -0.25) is 4.79 Å². The molecular formula is C15H25NO2. The minimum Gasteiger partial charge on any atom is -0.481 e. The van der Waals surface area contributed by atoms with Gasteiger partial charge in [0.2, 0.25) is 0 Å². The molecular weight excluding hydrogens is 226 g/mol. The first-order chi connectivity index (χ1) is 8.41. The van der Waals surface area contributed by atoms with Crippen LogP contribution in [0.1, 0.15) is 44.5 Å². The monoisotopic (exact) mass is 251 g/mol. The van der Waals surface area contributed by atoms with Crippen molar-refractivity contribution >= 4 is 5.97 Å². The number of nitrogens with zero attached hydrogens (tertiary/aromatic N) is 1. The van der Waals surface area contributed by atoms with Crippen molar-refractivity contribution in [2.75, 3.05) is 0 Å². The lowest BCUT2D eigenvalue weighted by Crippen LogP contribution is -2.15. The smallest absolute Gasteiger partial charge is 0.303 e. The molecule has 1 atom stereocenters. The van der Waals surface area contributed by atoms with Crippen LogP contribution in [0.5, 0.6) is 0 Å². The molecule has 0 saturated heterocycles. The van der Waals surface area contributed by atoms with Gasteiger partial charge in [-0.1, -0.05) is 13.8 Å². The van der Waals surface area contributed by atoms with Crippen molar-refractivity contribution in [3.63, 3.8) is 0 Å². The number of carboxylic acid groups (broad SMARTS) is 1. The highest BCUT2D eigenvalue weighted by atomic mass is 16.4. The summed E-state index contributed by atoms with van der Waals surface area (Å²) in [6, 6.07) is 4.27. The lowest BCUT2D eigenvalue weighted by atomic mass is 9.88. The van der Waals surface area contributed by atoms with Crippen molar-refractivity contribution in [2.45, 2.75) is 53.5 Å². The van der Waals surface area contributed by atoms with Crippen LogP contribution >= 0.6 is 0 Å². The van der Waals surface area contributed by atoms with Gasteiger partial charge in [0.25, 0.3) is 0 Å². The van der Waals surface area contributed by atoms with E-state index in [0.717, 1.165) is 19.4 Å². The van der Waals surface area contributed by atoms with Gasteiger partial charge in [0, 0.05) is 24.4 Å². The third kappa shape index (κ3) is 4.21. The summed E-state index contributed by atoms with van der Waals surface area (Å²) in [5.41, 5.74) is 2.57. The van der Waals surface area contributed by atoms with Crippen LogP contribution in [-0.2, 0) is 11.3 Å². The molecule has 0 aliphatic heterocycles. The van der Waals surface area contributed by atoms with Crippen LogP contribution < -0.4 is 0 Å². The minimum atomic E-state index is -0.686. The molecule has 0 bridgehead atoms. The van der Waals surface area contributed by atoms with Gasteiger partial charge in [0.05, 0.1) is 0 Å². The summed E-state index contributed by atoms with van der Waals surface area (Å²) in [5, 5.41) is 8.78. The molecule has 102 valence electrons. The van der Waals surface area contributed by atoms with Crippen LogP contribution in [0.3, 0.4) is 0 Å². The van der Waals surface area contributed by atoms with Gasteiger partial charge < -0.3 is 9.67 Å². The Hall–Kier alpha value is -1.25. The standard InChI is InChI=1S/C15H25NO2/c1-11(2)14(7-8-15(17)18)9-10-16-12(3)5-6-13(16)4/h5-6,11,14H,7-10H2,1-4H3,(H,17,18). The van der Waals surface area contributed by atoms with Gasteiger partial charge in [-0.15, -0.1) is 0 Å².